The molecule has 2 fully saturated rings. The lowest BCUT2D eigenvalue weighted by Crippen LogP contribution is -2.44. The highest BCUT2D eigenvalue weighted by molar-refractivity contribution is 5.78. The SMILES string of the molecule is Cc1ccnc(N2CCC(C(=O)NCCN(C)C3CCCCC3)CC2)n1. The van der Waals surface area contributed by atoms with E-state index in [2.05, 4.69) is 32.1 Å². The van der Waals surface area contributed by atoms with E-state index in [1.165, 1.54) is 32.1 Å². The maximum absolute atomic E-state index is 12.5. The van der Waals surface area contributed by atoms with E-state index in [0.29, 0.717) is 6.04 Å². The molecule has 26 heavy (non-hydrogen) atoms. The Morgan fingerprint density at radius 1 is 1.23 bits per heavy atom. The van der Waals surface area contributed by atoms with Gasteiger partial charge in [0.2, 0.25) is 11.9 Å². The molecule has 6 nitrogen and oxygen atoms in total. The number of piperidine rings is 1. The number of aromatic nitrogens is 2. The van der Waals surface area contributed by atoms with Crippen LogP contribution in [0.1, 0.15) is 50.6 Å². The van der Waals surface area contributed by atoms with E-state index >= 15 is 0 Å². The fourth-order valence-corrected chi connectivity index (χ4v) is 4.13. The summed E-state index contributed by atoms with van der Waals surface area (Å²) in [7, 11) is 2.20. The Hall–Kier alpha value is -1.69. The van der Waals surface area contributed by atoms with Crippen LogP contribution >= 0.6 is 0 Å². The fourth-order valence-electron chi connectivity index (χ4n) is 4.13. The normalized spacial score (nSPS) is 19.7. The second-order valence-corrected chi connectivity index (χ2v) is 7.82. The molecule has 2 aliphatic rings. The van der Waals surface area contributed by atoms with Crippen LogP contribution in [0, 0.1) is 12.8 Å². The van der Waals surface area contributed by atoms with Crippen molar-refractivity contribution in [3.05, 3.63) is 18.0 Å². The maximum atomic E-state index is 12.5. The first-order valence-corrected chi connectivity index (χ1v) is 10.2. The summed E-state index contributed by atoms with van der Waals surface area (Å²) in [6, 6.07) is 2.62. The molecular formula is C20H33N5O. The monoisotopic (exact) mass is 359 g/mol. The van der Waals surface area contributed by atoms with E-state index in [-0.39, 0.29) is 11.8 Å². The summed E-state index contributed by atoms with van der Waals surface area (Å²) < 4.78 is 0. The molecule has 1 aliphatic heterocycles. The van der Waals surface area contributed by atoms with Gasteiger partial charge in [-0.15, -0.1) is 0 Å². The third kappa shape index (κ3) is 5.16. The van der Waals surface area contributed by atoms with Crippen molar-refractivity contribution < 1.29 is 4.79 Å². The van der Waals surface area contributed by atoms with Gasteiger partial charge in [0.25, 0.3) is 0 Å². The van der Waals surface area contributed by atoms with E-state index in [1.54, 1.807) is 6.20 Å². The zero-order chi connectivity index (χ0) is 18.4. The smallest absolute Gasteiger partial charge is 0.225 e. The molecular weight excluding hydrogens is 326 g/mol. The molecule has 0 radical (unpaired) electrons. The van der Waals surface area contributed by atoms with Gasteiger partial charge in [0, 0.05) is 50.0 Å². The van der Waals surface area contributed by atoms with Gasteiger partial charge in [-0.2, -0.15) is 0 Å². The molecule has 0 bridgehead atoms. The van der Waals surface area contributed by atoms with Crippen molar-refractivity contribution in [2.24, 2.45) is 5.92 Å². The maximum Gasteiger partial charge on any atom is 0.225 e. The highest BCUT2D eigenvalue weighted by Gasteiger charge is 2.26. The largest absolute Gasteiger partial charge is 0.355 e. The molecule has 2 heterocycles. The predicted molar refractivity (Wildman–Crippen MR) is 104 cm³/mol. The van der Waals surface area contributed by atoms with Gasteiger partial charge in [0.15, 0.2) is 0 Å². The summed E-state index contributed by atoms with van der Waals surface area (Å²) in [5, 5.41) is 3.16. The summed E-state index contributed by atoms with van der Waals surface area (Å²) in [5.41, 5.74) is 0.983. The highest BCUT2D eigenvalue weighted by atomic mass is 16.1. The van der Waals surface area contributed by atoms with Crippen LogP contribution in [0.4, 0.5) is 5.95 Å². The van der Waals surface area contributed by atoms with Crippen molar-refractivity contribution in [3.63, 3.8) is 0 Å². The fraction of sp³-hybridized carbons (Fsp3) is 0.750. The summed E-state index contributed by atoms with van der Waals surface area (Å²) in [6.07, 6.45) is 10.3. The molecule has 0 spiro atoms. The highest BCUT2D eigenvalue weighted by Crippen LogP contribution is 2.22. The first-order valence-electron chi connectivity index (χ1n) is 10.2. The van der Waals surface area contributed by atoms with Crippen molar-refractivity contribution in [3.8, 4) is 0 Å². The number of nitrogens with zero attached hydrogens (tertiary/aromatic N) is 4. The Morgan fingerprint density at radius 3 is 2.65 bits per heavy atom. The molecule has 6 heteroatoms. The molecule has 1 aliphatic carbocycles. The number of likely N-dealkylation sites (N-methyl/N-ethyl adjacent to an activating group) is 1. The van der Waals surface area contributed by atoms with Gasteiger partial charge < -0.3 is 15.1 Å². The number of amides is 1. The number of carbonyl (C=O) groups is 1. The van der Waals surface area contributed by atoms with Crippen molar-refractivity contribution in [1.29, 1.82) is 0 Å². The number of hydrogen-bond donors (Lipinski definition) is 1. The molecule has 0 aromatic carbocycles. The first kappa shape index (κ1) is 19.1. The van der Waals surface area contributed by atoms with Crippen LogP contribution in [0.3, 0.4) is 0 Å². The summed E-state index contributed by atoms with van der Waals surface area (Å²) in [6.45, 7) is 5.39. The van der Waals surface area contributed by atoms with Gasteiger partial charge in [-0.25, -0.2) is 9.97 Å². The van der Waals surface area contributed by atoms with Gasteiger partial charge in [-0.05, 0) is 45.7 Å². The zero-order valence-electron chi connectivity index (χ0n) is 16.3. The molecule has 144 valence electrons. The van der Waals surface area contributed by atoms with Crippen LogP contribution in [0.2, 0.25) is 0 Å². The van der Waals surface area contributed by atoms with Crippen molar-refractivity contribution in [2.45, 2.75) is 57.9 Å². The van der Waals surface area contributed by atoms with Crippen LogP contribution in [0.5, 0.6) is 0 Å². The zero-order valence-corrected chi connectivity index (χ0v) is 16.3. The van der Waals surface area contributed by atoms with Crippen molar-refractivity contribution in [1.82, 2.24) is 20.2 Å². The average molecular weight is 360 g/mol. The molecule has 1 N–H and O–H groups in total. The van der Waals surface area contributed by atoms with Gasteiger partial charge in [-0.3, -0.25) is 4.79 Å². The van der Waals surface area contributed by atoms with Gasteiger partial charge in [-0.1, -0.05) is 19.3 Å². The summed E-state index contributed by atoms with van der Waals surface area (Å²) in [5.74, 6) is 1.13. The summed E-state index contributed by atoms with van der Waals surface area (Å²) >= 11 is 0. The standard InChI is InChI=1S/C20H33N5O/c1-16-8-11-22-20(23-16)25-13-9-17(10-14-25)19(26)21-12-15-24(2)18-6-4-3-5-7-18/h8,11,17-18H,3-7,9-10,12-15H2,1-2H3,(H,21,26). The number of nitrogens with one attached hydrogen (secondary N) is 1. The Morgan fingerprint density at radius 2 is 1.96 bits per heavy atom. The van der Waals surface area contributed by atoms with Gasteiger partial charge >= 0.3 is 0 Å². The topological polar surface area (TPSA) is 61.4 Å². The van der Waals surface area contributed by atoms with E-state index in [1.807, 2.05) is 13.0 Å². The van der Waals surface area contributed by atoms with E-state index in [4.69, 9.17) is 0 Å². The Balaban J connectivity index is 1.37. The molecule has 3 rings (SSSR count). The Bertz CT molecular complexity index is 579. The Labute approximate surface area is 157 Å². The lowest BCUT2D eigenvalue weighted by Gasteiger charge is -2.32. The number of hydrogen-bond acceptors (Lipinski definition) is 5. The number of aryl methyl sites for hydroxylation is 1. The van der Waals surface area contributed by atoms with Gasteiger partial charge in [0.1, 0.15) is 0 Å². The molecule has 1 saturated heterocycles. The van der Waals surface area contributed by atoms with E-state index in [9.17, 15) is 4.79 Å². The minimum atomic E-state index is 0.121. The molecule has 1 aromatic heterocycles. The lowest BCUT2D eigenvalue weighted by molar-refractivity contribution is -0.125. The number of carbonyl (C=O) groups excluding carboxylic acids is 1. The van der Waals surface area contributed by atoms with Crippen LogP contribution in [-0.2, 0) is 4.79 Å². The van der Waals surface area contributed by atoms with E-state index < -0.39 is 0 Å². The third-order valence-electron chi connectivity index (χ3n) is 5.89. The van der Waals surface area contributed by atoms with Crippen molar-refractivity contribution >= 4 is 11.9 Å². The van der Waals surface area contributed by atoms with Crippen LogP contribution < -0.4 is 10.2 Å². The third-order valence-corrected chi connectivity index (χ3v) is 5.89. The minimum Gasteiger partial charge on any atom is -0.355 e. The van der Waals surface area contributed by atoms with Crippen LogP contribution in [-0.4, -0.2) is 60.0 Å². The van der Waals surface area contributed by atoms with Gasteiger partial charge in [0.05, 0.1) is 0 Å². The lowest BCUT2D eigenvalue weighted by atomic mass is 9.94. The molecule has 0 atom stereocenters. The van der Waals surface area contributed by atoms with E-state index in [0.717, 1.165) is 50.7 Å². The second-order valence-electron chi connectivity index (χ2n) is 7.82. The Kier molecular flexibility index (Phi) is 6.83. The summed E-state index contributed by atoms with van der Waals surface area (Å²) in [4.78, 5) is 25.9. The van der Waals surface area contributed by atoms with Crippen molar-refractivity contribution in [2.75, 3.05) is 38.1 Å². The predicted octanol–water partition coefficient (Wildman–Crippen LogP) is 2.38. The molecule has 1 amide bonds. The quantitative estimate of drug-likeness (QED) is 0.845. The van der Waals surface area contributed by atoms with Crippen LogP contribution in [0.15, 0.2) is 12.3 Å². The minimum absolute atomic E-state index is 0.121. The number of anilines is 1. The molecule has 1 aromatic rings. The first-order chi connectivity index (χ1) is 12.6. The van der Waals surface area contributed by atoms with Crippen LogP contribution in [0.25, 0.3) is 0 Å². The average Bonchev–Trinajstić information content (AvgIpc) is 2.68. The molecule has 0 unspecified atom stereocenters. The number of rotatable bonds is 6. The molecule has 1 saturated carbocycles. The second kappa shape index (κ2) is 9.31.